The average molecular weight is 420 g/mol. The highest BCUT2D eigenvalue weighted by Crippen LogP contribution is 2.42. The third-order valence-electron chi connectivity index (χ3n) is 4.62. The molecule has 0 saturated carbocycles. The van der Waals surface area contributed by atoms with Crippen molar-refractivity contribution in [2.24, 2.45) is 5.41 Å². The molecule has 0 saturated heterocycles. The lowest BCUT2D eigenvalue weighted by Crippen LogP contribution is -2.40. The molecule has 160 valence electrons. The predicted molar refractivity (Wildman–Crippen MR) is 107 cm³/mol. The fourth-order valence-corrected chi connectivity index (χ4v) is 3.41. The summed E-state index contributed by atoms with van der Waals surface area (Å²) in [4.78, 5) is 18.7. The first-order valence-corrected chi connectivity index (χ1v) is 9.38. The quantitative estimate of drug-likeness (QED) is 0.506. The Morgan fingerprint density at radius 1 is 1.13 bits per heavy atom. The Hall–Kier alpha value is -3.03. The van der Waals surface area contributed by atoms with Crippen molar-refractivity contribution in [3.8, 4) is 5.75 Å². The van der Waals surface area contributed by atoms with Gasteiger partial charge in [0.25, 0.3) is 0 Å². The number of ether oxygens (including phenoxy) is 1. The molecular formula is C22H23F3N2O3. The number of carbonyl (C=O) groups excluding carboxylic acids is 1. The molecule has 3 aromatic rings. The summed E-state index contributed by atoms with van der Waals surface area (Å²) in [6.07, 6.45) is -4.79. The molecule has 0 aliphatic heterocycles. The van der Waals surface area contributed by atoms with E-state index in [-0.39, 0.29) is 17.2 Å². The van der Waals surface area contributed by atoms with Gasteiger partial charge in [0, 0.05) is 12.6 Å². The molecule has 8 heteroatoms. The summed E-state index contributed by atoms with van der Waals surface area (Å²) in [6, 6.07) is 10.8. The monoisotopic (exact) mass is 420 g/mol. The Labute approximate surface area is 172 Å². The van der Waals surface area contributed by atoms with Crippen molar-refractivity contribution in [2.75, 3.05) is 4.90 Å². The zero-order chi connectivity index (χ0) is 22.3. The van der Waals surface area contributed by atoms with Crippen LogP contribution in [0.4, 0.5) is 18.9 Å². The predicted octanol–water partition coefficient (Wildman–Crippen LogP) is 6.18. The van der Waals surface area contributed by atoms with E-state index in [1.54, 1.807) is 6.07 Å². The van der Waals surface area contributed by atoms with Crippen molar-refractivity contribution in [1.82, 2.24) is 4.98 Å². The van der Waals surface area contributed by atoms with Gasteiger partial charge < -0.3 is 9.15 Å². The average Bonchev–Trinajstić information content (AvgIpc) is 3.02. The van der Waals surface area contributed by atoms with Gasteiger partial charge in [-0.05, 0) is 48.2 Å². The van der Waals surface area contributed by atoms with Crippen LogP contribution in [0.1, 0.15) is 45.2 Å². The highest BCUT2D eigenvalue weighted by molar-refractivity contribution is 5.92. The summed E-state index contributed by atoms with van der Waals surface area (Å²) in [5, 5.41) is 0. The Morgan fingerprint density at radius 3 is 2.33 bits per heavy atom. The van der Waals surface area contributed by atoms with E-state index in [1.165, 1.54) is 36.9 Å². The number of hydrogen-bond acceptors (Lipinski definition) is 4. The molecule has 0 bridgehead atoms. The van der Waals surface area contributed by atoms with Crippen molar-refractivity contribution in [3.05, 3.63) is 53.9 Å². The van der Waals surface area contributed by atoms with Gasteiger partial charge in [-0.3, -0.25) is 9.69 Å². The third-order valence-corrected chi connectivity index (χ3v) is 4.62. The Balaban J connectivity index is 2.10. The molecule has 0 fully saturated rings. The normalized spacial score (nSPS) is 13.3. The minimum absolute atomic E-state index is 0.251. The molecule has 1 atom stereocenters. The van der Waals surface area contributed by atoms with Crippen LogP contribution in [0.25, 0.3) is 11.1 Å². The van der Waals surface area contributed by atoms with Crippen LogP contribution >= 0.6 is 0 Å². The number of alkyl halides is 3. The minimum atomic E-state index is -4.79. The molecule has 30 heavy (non-hydrogen) atoms. The fourth-order valence-electron chi connectivity index (χ4n) is 3.41. The van der Waals surface area contributed by atoms with Crippen LogP contribution in [-0.2, 0) is 4.79 Å². The largest absolute Gasteiger partial charge is 0.573 e. The van der Waals surface area contributed by atoms with Gasteiger partial charge in [-0.15, -0.1) is 13.2 Å². The molecule has 0 radical (unpaired) electrons. The lowest BCUT2D eigenvalue weighted by atomic mass is 9.85. The number of anilines is 1. The molecule has 3 rings (SSSR count). The van der Waals surface area contributed by atoms with E-state index < -0.39 is 17.8 Å². The SMILES string of the molecule is CC(=O)N(c1ccc(OC(F)(F)F)c(C)c1)C(c1nc2ccccc2o1)C(C)(C)C. The molecule has 1 aromatic heterocycles. The first-order valence-electron chi connectivity index (χ1n) is 9.38. The summed E-state index contributed by atoms with van der Waals surface area (Å²) in [5.74, 6) is -0.253. The summed E-state index contributed by atoms with van der Waals surface area (Å²) in [7, 11) is 0. The van der Waals surface area contributed by atoms with E-state index in [9.17, 15) is 18.0 Å². The molecular weight excluding hydrogens is 397 g/mol. The van der Waals surface area contributed by atoms with Gasteiger partial charge in [0.05, 0.1) is 0 Å². The maximum absolute atomic E-state index is 12.7. The van der Waals surface area contributed by atoms with Crippen molar-refractivity contribution < 1.29 is 27.1 Å². The number of aromatic nitrogens is 1. The number of amides is 1. The molecule has 0 aliphatic carbocycles. The Kier molecular flexibility index (Phi) is 5.54. The van der Waals surface area contributed by atoms with Crippen LogP contribution in [0.2, 0.25) is 0 Å². The maximum Gasteiger partial charge on any atom is 0.573 e. The van der Waals surface area contributed by atoms with Crippen molar-refractivity contribution in [3.63, 3.8) is 0 Å². The summed E-state index contributed by atoms with van der Waals surface area (Å²) >= 11 is 0. The van der Waals surface area contributed by atoms with Crippen LogP contribution in [0.3, 0.4) is 0 Å². The first-order chi connectivity index (χ1) is 13.9. The lowest BCUT2D eigenvalue weighted by molar-refractivity contribution is -0.274. The molecule has 5 nitrogen and oxygen atoms in total. The lowest BCUT2D eigenvalue weighted by Gasteiger charge is -2.37. The number of halogens is 3. The van der Waals surface area contributed by atoms with Gasteiger partial charge in [-0.2, -0.15) is 0 Å². The smallest absolute Gasteiger partial charge is 0.438 e. The number of oxazole rings is 1. The zero-order valence-corrected chi connectivity index (χ0v) is 17.4. The standard InChI is InChI=1S/C22H23F3N2O3/c1-13-12-15(10-11-17(13)30-22(23,24)25)27(14(2)28)19(21(3,4)5)20-26-16-8-6-7-9-18(16)29-20/h6-12,19H,1-5H3. The van der Waals surface area contributed by atoms with Crippen LogP contribution in [-0.4, -0.2) is 17.3 Å². The van der Waals surface area contributed by atoms with E-state index in [2.05, 4.69) is 9.72 Å². The van der Waals surface area contributed by atoms with Gasteiger partial charge in [-0.1, -0.05) is 32.9 Å². The van der Waals surface area contributed by atoms with E-state index >= 15 is 0 Å². The number of para-hydroxylation sites is 2. The number of aryl methyl sites for hydroxylation is 1. The van der Waals surface area contributed by atoms with Crippen molar-refractivity contribution in [1.29, 1.82) is 0 Å². The number of rotatable bonds is 4. The molecule has 0 aliphatic rings. The van der Waals surface area contributed by atoms with Crippen molar-refractivity contribution in [2.45, 2.75) is 47.0 Å². The molecule has 0 N–H and O–H groups in total. The van der Waals surface area contributed by atoms with Gasteiger partial charge in [0.2, 0.25) is 11.8 Å². The van der Waals surface area contributed by atoms with E-state index in [4.69, 9.17) is 4.42 Å². The van der Waals surface area contributed by atoms with Crippen LogP contribution in [0, 0.1) is 12.3 Å². The van der Waals surface area contributed by atoms with E-state index in [0.29, 0.717) is 22.7 Å². The Morgan fingerprint density at radius 2 is 1.80 bits per heavy atom. The molecule has 1 unspecified atom stereocenters. The molecule has 1 heterocycles. The molecule has 1 amide bonds. The second kappa shape index (κ2) is 7.66. The topological polar surface area (TPSA) is 55.6 Å². The van der Waals surface area contributed by atoms with E-state index in [0.717, 1.165) is 0 Å². The highest BCUT2D eigenvalue weighted by Gasteiger charge is 2.39. The number of nitrogens with zero attached hydrogens (tertiary/aromatic N) is 2. The van der Waals surface area contributed by atoms with Crippen LogP contribution < -0.4 is 9.64 Å². The second-order valence-corrected chi connectivity index (χ2v) is 8.18. The highest BCUT2D eigenvalue weighted by atomic mass is 19.4. The van der Waals surface area contributed by atoms with Gasteiger partial charge >= 0.3 is 6.36 Å². The first kappa shape index (κ1) is 21.7. The maximum atomic E-state index is 12.7. The number of fused-ring (bicyclic) bond motifs is 1. The van der Waals surface area contributed by atoms with Gasteiger partial charge in [-0.25, -0.2) is 4.98 Å². The summed E-state index contributed by atoms with van der Waals surface area (Å²) in [6.45, 7) is 8.72. The summed E-state index contributed by atoms with van der Waals surface area (Å²) < 4.78 is 47.8. The molecule has 0 spiro atoms. The molecule has 2 aromatic carbocycles. The van der Waals surface area contributed by atoms with Crippen molar-refractivity contribution >= 4 is 22.7 Å². The number of hydrogen-bond donors (Lipinski definition) is 0. The minimum Gasteiger partial charge on any atom is -0.438 e. The van der Waals surface area contributed by atoms with E-state index in [1.807, 2.05) is 39.0 Å². The third kappa shape index (κ3) is 4.58. The van der Waals surface area contributed by atoms with Crippen LogP contribution in [0.15, 0.2) is 46.9 Å². The summed E-state index contributed by atoms with van der Waals surface area (Å²) in [5.41, 5.74) is 1.45. The van der Waals surface area contributed by atoms with Gasteiger partial charge in [0.15, 0.2) is 5.58 Å². The number of benzene rings is 2. The second-order valence-electron chi connectivity index (χ2n) is 8.18. The Bertz CT molecular complexity index is 1030. The fraction of sp³-hybridized carbons (Fsp3) is 0.364. The number of carbonyl (C=O) groups is 1. The zero-order valence-electron chi connectivity index (χ0n) is 17.4. The van der Waals surface area contributed by atoms with Gasteiger partial charge in [0.1, 0.15) is 17.3 Å². The van der Waals surface area contributed by atoms with Crippen LogP contribution in [0.5, 0.6) is 5.75 Å².